The summed E-state index contributed by atoms with van der Waals surface area (Å²) in [6, 6.07) is 16.1. The lowest BCUT2D eigenvalue weighted by molar-refractivity contribution is 0.0962. The van der Waals surface area contributed by atoms with E-state index in [-0.39, 0.29) is 26.7 Å². The number of nitrogens with zero attached hydrogens (tertiary/aromatic N) is 2. The van der Waals surface area contributed by atoms with Crippen molar-refractivity contribution in [3.8, 4) is 11.3 Å². The van der Waals surface area contributed by atoms with Gasteiger partial charge in [-0.15, -0.1) is 0 Å². The number of aromatic nitrogens is 2. The van der Waals surface area contributed by atoms with Gasteiger partial charge in [0.15, 0.2) is 0 Å². The van der Waals surface area contributed by atoms with Gasteiger partial charge in [-0.3, -0.25) is 14.3 Å². The summed E-state index contributed by atoms with van der Waals surface area (Å²) in [4.78, 5) is 29.7. The number of hydrogen-bond donors (Lipinski definition) is 3. The first-order valence-electron chi connectivity index (χ1n) is 10.6. The minimum Gasteiger partial charge on any atom is -0.384 e. The van der Waals surface area contributed by atoms with Crippen LogP contribution in [0.4, 0.5) is 11.5 Å². The van der Waals surface area contributed by atoms with Gasteiger partial charge in [0.25, 0.3) is 15.9 Å². The molecule has 0 aliphatic carbocycles. The van der Waals surface area contributed by atoms with Gasteiger partial charge in [-0.25, -0.2) is 13.4 Å². The van der Waals surface area contributed by atoms with Crippen LogP contribution in [0.25, 0.3) is 22.3 Å². The molecule has 1 amide bonds. The molecule has 0 spiro atoms. The molecule has 0 saturated heterocycles. The summed E-state index contributed by atoms with van der Waals surface area (Å²) in [5, 5.41) is 2.84. The smallest absolute Gasteiger partial charge is 0.263 e. The zero-order chi connectivity index (χ0) is 25.3. The van der Waals surface area contributed by atoms with Crippen molar-refractivity contribution in [3.05, 3.63) is 81.5 Å². The van der Waals surface area contributed by atoms with Crippen molar-refractivity contribution in [1.82, 2.24) is 14.9 Å². The molecule has 0 radical (unpaired) electrons. The number of hydrogen-bond acceptors (Lipinski definition) is 6. The molecule has 2 aromatic heterocycles. The lowest BCUT2D eigenvalue weighted by Gasteiger charge is -2.15. The number of nitrogen functional groups attached to an aromatic ring is 1. The molecule has 0 saturated carbocycles. The molecule has 0 atom stereocenters. The molecular weight excluding hydrogens is 490 g/mol. The highest BCUT2D eigenvalue weighted by Crippen LogP contribution is 2.26. The maximum atomic E-state index is 12.9. The van der Waals surface area contributed by atoms with E-state index in [0.717, 1.165) is 0 Å². The van der Waals surface area contributed by atoms with Crippen molar-refractivity contribution in [1.29, 1.82) is 0 Å². The predicted molar refractivity (Wildman–Crippen MR) is 137 cm³/mol. The Hall–Kier alpha value is -3.89. The number of amides is 1. The van der Waals surface area contributed by atoms with Crippen LogP contribution in [0.2, 0.25) is 5.02 Å². The highest BCUT2D eigenvalue weighted by atomic mass is 35.5. The number of carbonyl (C=O) groups is 1. The molecule has 11 heteroatoms. The van der Waals surface area contributed by atoms with Crippen LogP contribution in [0.5, 0.6) is 0 Å². The standard InChI is InChI=1S/C24H22ClN5O4S/c1-3-30-22(26)20(24(32)27-2)21(31)16-12-13-18(28-23(16)30)14-8-10-15(11-9-14)29-35(33,34)19-7-5-4-6-17(19)25/h4-13,29H,3,26H2,1-2H3,(H,27,32). The van der Waals surface area contributed by atoms with Crippen molar-refractivity contribution in [2.45, 2.75) is 18.4 Å². The summed E-state index contributed by atoms with van der Waals surface area (Å²) in [6.45, 7) is 2.23. The summed E-state index contributed by atoms with van der Waals surface area (Å²) >= 11 is 6.03. The summed E-state index contributed by atoms with van der Waals surface area (Å²) in [6.07, 6.45) is 0. The quantitative estimate of drug-likeness (QED) is 0.362. The first-order chi connectivity index (χ1) is 16.7. The first-order valence-corrected chi connectivity index (χ1v) is 12.5. The highest BCUT2D eigenvalue weighted by molar-refractivity contribution is 7.92. The number of aryl methyl sites for hydroxylation is 1. The number of carbonyl (C=O) groups excluding carboxylic acids is 1. The normalized spacial score (nSPS) is 11.4. The van der Waals surface area contributed by atoms with E-state index in [2.05, 4.69) is 15.0 Å². The highest BCUT2D eigenvalue weighted by Gasteiger charge is 2.21. The molecule has 4 N–H and O–H groups in total. The van der Waals surface area contributed by atoms with E-state index in [0.29, 0.717) is 29.1 Å². The van der Waals surface area contributed by atoms with Gasteiger partial charge < -0.3 is 15.6 Å². The number of pyridine rings is 2. The Kier molecular flexibility index (Phi) is 6.51. The van der Waals surface area contributed by atoms with E-state index in [4.69, 9.17) is 17.3 Å². The third kappa shape index (κ3) is 4.45. The Morgan fingerprint density at radius 2 is 1.77 bits per heavy atom. The molecule has 2 heterocycles. The largest absolute Gasteiger partial charge is 0.384 e. The van der Waals surface area contributed by atoms with Crippen molar-refractivity contribution in [2.75, 3.05) is 17.5 Å². The molecule has 0 aliphatic rings. The third-order valence-corrected chi connectivity index (χ3v) is 7.36. The monoisotopic (exact) mass is 511 g/mol. The van der Waals surface area contributed by atoms with Crippen LogP contribution in [-0.2, 0) is 16.6 Å². The minimum absolute atomic E-state index is 0.0202. The molecule has 4 aromatic rings. The van der Waals surface area contributed by atoms with Crippen LogP contribution < -0.4 is 21.2 Å². The SMILES string of the molecule is CCn1c(N)c(C(=O)NC)c(=O)c2ccc(-c3ccc(NS(=O)(=O)c4ccccc4Cl)cc3)nc21. The number of rotatable bonds is 6. The van der Waals surface area contributed by atoms with Gasteiger partial charge in [0.2, 0.25) is 5.43 Å². The molecule has 0 aliphatic heterocycles. The van der Waals surface area contributed by atoms with Crippen LogP contribution in [0, 0.1) is 0 Å². The number of anilines is 2. The molecule has 0 unspecified atom stereocenters. The van der Waals surface area contributed by atoms with Crippen LogP contribution in [0.15, 0.2) is 70.4 Å². The molecule has 4 rings (SSSR count). The van der Waals surface area contributed by atoms with Crippen LogP contribution in [-0.4, -0.2) is 30.9 Å². The van der Waals surface area contributed by atoms with Crippen LogP contribution in [0.1, 0.15) is 17.3 Å². The maximum Gasteiger partial charge on any atom is 0.263 e. The number of nitrogens with two attached hydrogens (primary N) is 1. The zero-order valence-corrected chi connectivity index (χ0v) is 20.4. The second-order valence-electron chi connectivity index (χ2n) is 7.59. The molecule has 0 bridgehead atoms. The molecular formula is C24H22ClN5O4S. The summed E-state index contributed by atoms with van der Waals surface area (Å²) in [5.74, 6) is -0.520. The molecule has 35 heavy (non-hydrogen) atoms. The molecule has 2 aromatic carbocycles. The number of halogens is 1. The molecule has 0 fully saturated rings. The van der Waals surface area contributed by atoms with E-state index in [1.165, 1.54) is 19.2 Å². The minimum atomic E-state index is -3.86. The average molecular weight is 512 g/mol. The number of sulfonamides is 1. The lowest BCUT2D eigenvalue weighted by Crippen LogP contribution is -2.30. The van der Waals surface area contributed by atoms with E-state index in [1.807, 2.05) is 6.92 Å². The predicted octanol–water partition coefficient (Wildman–Crippen LogP) is 3.48. The fourth-order valence-electron chi connectivity index (χ4n) is 3.74. The Balaban J connectivity index is 1.72. The number of nitrogens with one attached hydrogen (secondary N) is 2. The van der Waals surface area contributed by atoms with E-state index >= 15 is 0 Å². The summed E-state index contributed by atoms with van der Waals surface area (Å²) in [5.41, 5.74) is 7.47. The van der Waals surface area contributed by atoms with Crippen LogP contribution >= 0.6 is 11.6 Å². The van der Waals surface area contributed by atoms with E-state index in [9.17, 15) is 18.0 Å². The fraction of sp³-hybridized carbons (Fsp3) is 0.125. The summed E-state index contributed by atoms with van der Waals surface area (Å²) in [7, 11) is -2.43. The van der Waals surface area contributed by atoms with Crippen molar-refractivity contribution < 1.29 is 13.2 Å². The van der Waals surface area contributed by atoms with Gasteiger partial charge in [-0.2, -0.15) is 0 Å². The second-order valence-corrected chi connectivity index (χ2v) is 9.65. The Bertz CT molecular complexity index is 1620. The fourth-order valence-corrected chi connectivity index (χ4v) is 5.32. The van der Waals surface area contributed by atoms with Crippen molar-refractivity contribution in [3.63, 3.8) is 0 Å². The van der Waals surface area contributed by atoms with Gasteiger partial charge in [0.05, 0.1) is 16.1 Å². The van der Waals surface area contributed by atoms with Crippen molar-refractivity contribution in [2.24, 2.45) is 0 Å². The Labute approximate surface area is 206 Å². The van der Waals surface area contributed by atoms with Gasteiger partial charge in [-0.05, 0) is 43.3 Å². The molecule has 180 valence electrons. The van der Waals surface area contributed by atoms with Gasteiger partial charge in [-0.1, -0.05) is 35.9 Å². The second kappa shape index (κ2) is 9.40. The van der Waals surface area contributed by atoms with E-state index < -0.39 is 21.4 Å². The zero-order valence-electron chi connectivity index (χ0n) is 18.9. The van der Waals surface area contributed by atoms with Crippen molar-refractivity contribution >= 4 is 50.1 Å². The average Bonchev–Trinajstić information content (AvgIpc) is 2.84. The topological polar surface area (TPSA) is 136 Å². The molecule has 9 nitrogen and oxygen atoms in total. The van der Waals surface area contributed by atoms with Crippen LogP contribution in [0.3, 0.4) is 0 Å². The Morgan fingerprint density at radius 3 is 2.40 bits per heavy atom. The number of fused-ring (bicyclic) bond motifs is 1. The maximum absolute atomic E-state index is 12.9. The van der Waals surface area contributed by atoms with Gasteiger partial charge >= 0.3 is 0 Å². The first kappa shape index (κ1) is 24.2. The lowest BCUT2D eigenvalue weighted by atomic mass is 10.1. The van der Waals surface area contributed by atoms with Gasteiger partial charge in [0.1, 0.15) is 21.9 Å². The summed E-state index contributed by atoms with van der Waals surface area (Å²) < 4.78 is 29.5. The Morgan fingerprint density at radius 1 is 1.09 bits per heavy atom. The van der Waals surface area contributed by atoms with E-state index in [1.54, 1.807) is 53.1 Å². The number of benzene rings is 2. The van der Waals surface area contributed by atoms with Gasteiger partial charge in [0, 0.05) is 24.8 Å². The third-order valence-electron chi connectivity index (χ3n) is 5.48.